The fourth-order valence-corrected chi connectivity index (χ4v) is 4.90. The van der Waals surface area contributed by atoms with Crippen LogP contribution in [0.2, 0.25) is 0 Å². The summed E-state index contributed by atoms with van der Waals surface area (Å²) in [5, 5.41) is 4.57. The standard InChI is InChI=1S/C31H20O2/c1-19-11-13-29-25(15-19)26-16-21(12-14-30(26)32-29)22-17-24(20-7-3-2-4-8-20)31-27(18-22)23-9-5-6-10-28(23)33-31/h2-18H,1H3. The summed E-state index contributed by atoms with van der Waals surface area (Å²) in [7, 11) is 0. The van der Waals surface area contributed by atoms with Crippen molar-refractivity contribution in [3.63, 3.8) is 0 Å². The van der Waals surface area contributed by atoms with Gasteiger partial charge in [-0.25, -0.2) is 0 Å². The largest absolute Gasteiger partial charge is 0.456 e. The van der Waals surface area contributed by atoms with Gasteiger partial charge in [0.05, 0.1) is 0 Å². The summed E-state index contributed by atoms with van der Waals surface area (Å²) < 4.78 is 12.4. The first-order valence-corrected chi connectivity index (χ1v) is 11.2. The third-order valence-corrected chi connectivity index (χ3v) is 6.52. The molecule has 2 aromatic heterocycles. The highest BCUT2D eigenvalue weighted by molar-refractivity contribution is 6.12. The Morgan fingerprint density at radius 2 is 1.15 bits per heavy atom. The maximum atomic E-state index is 6.34. The summed E-state index contributed by atoms with van der Waals surface area (Å²) in [4.78, 5) is 0. The average molecular weight is 424 g/mol. The summed E-state index contributed by atoms with van der Waals surface area (Å²) >= 11 is 0. The van der Waals surface area contributed by atoms with Gasteiger partial charge in [0.1, 0.15) is 22.3 Å². The minimum atomic E-state index is 0.911. The lowest BCUT2D eigenvalue weighted by molar-refractivity contribution is 0.668. The van der Waals surface area contributed by atoms with Gasteiger partial charge in [0, 0.05) is 27.1 Å². The maximum Gasteiger partial charge on any atom is 0.143 e. The van der Waals surface area contributed by atoms with Crippen molar-refractivity contribution in [2.75, 3.05) is 0 Å². The molecular formula is C31H20O2. The molecule has 0 bridgehead atoms. The second kappa shape index (κ2) is 6.85. The fourth-order valence-electron chi connectivity index (χ4n) is 4.90. The van der Waals surface area contributed by atoms with Crippen LogP contribution in [0.4, 0.5) is 0 Å². The van der Waals surface area contributed by atoms with E-state index in [-0.39, 0.29) is 0 Å². The normalized spacial score (nSPS) is 11.8. The molecule has 2 nitrogen and oxygen atoms in total. The van der Waals surface area contributed by atoms with Crippen molar-refractivity contribution in [1.29, 1.82) is 0 Å². The summed E-state index contributed by atoms with van der Waals surface area (Å²) in [5.74, 6) is 0. The van der Waals surface area contributed by atoms with Crippen molar-refractivity contribution in [2.45, 2.75) is 6.92 Å². The fraction of sp³-hybridized carbons (Fsp3) is 0.0323. The number of fused-ring (bicyclic) bond motifs is 6. The van der Waals surface area contributed by atoms with E-state index in [4.69, 9.17) is 8.83 Å². The molecule has 2 heteroatoms. The highest BCUT2D eigenvalue weighted by Gasteiger charge is 2.16. The molecule has 0 saturated carbocycles. The van der Waals surface area contributed by atoms with Gasteiger partial charge in [-0.15, -0.1) is 0 Å². The molecule has 0 N–H and O–H groups in total. The topological polar surface area (TPSA) is 26.3 Å². The number of rotatable bonds is 2. The maximum absolute atomic E-state index is 6.34. The molecule has 7 rings (SSSR count). The summed E-state index contributed by atoms with van der Waals surface area (Å²) in [6.07, 6.45) is 0. The number of para-hydroxylation sites is 1. The van der Waals surface area contributed by atoms with Crippen LogP contribution in [0.3, 0.4) is 0 Å². The van der Waals surface area contributed by atoms with Crippen LogP contribution in [0, 0.1) is 6.92 Å². The zero-order chi connectivity index (χ0) is 21.9. The molecule has 0 aliphatic rings. The van der Waals surface area contributed by atoms with Crippen LogP contribution in [-0.2, 0) is 0 Å². The number of hydrogen-bond acceptors (Lipinski definition) is 2. The smallest absolute Gasteiger partial charge is 0.143 e. The van der Waals surface area contributed by atoms with Gasteiger partial charge in [-0.1, -0.05) is 66.2 Å². The lowest BCUT2D eigenvalue weighted by Crippen LogP contribution is -1.84. The van der Waals surface area contributed by atoms with E-state index in [0.29, 0.717) is 0 Å². The first kappa shape index (κ1) is 18.3. The SMILES string of the molecule is Cc1ccc2oc3ccc(-c4cc(-c5ccccc5)c5oc6ccccc6c5c4)cc3c2c1. The monoisotopic (exact) mass is 424 g/mol. The van der Waals surface area contributed by atoms with Gasteiger partial charge in [-0.2, -0.15) is 0 Å². The van der Waals surface area contributed by atoms with E-state index in [1.165, 1.54) is 5.56 Å². The number of aryl methyl sites for hydroxylation is 1. The Morgan fingerprint density at radius 3 is 2.03 bits per heavy atom. The van der Waals surface area contributed by atoms with Crippen LogP contribution in [-0.4, -0.2) is 0 Å². The molecule has 0 saturated heterocycles. The Hall–Kier alpha value is -4.30. The van der Waals surface area contributed by atoms with Crippen molar-refractivity contribution in [3.05, 3.63) is 109 Å². The van der Waals surface area contributed by atoms with Crippen molar-refractivity contribution in [1.82, 2.24) is 0 Å². The molecule has 0 amide bonds. The van der Waals surface area contributed by atoms with E-state index in [9.17, 15) is 0 Å². The highest BCUT2D eigenvalue weighted by atomic mass is 16.3. The van der Waals surface area contributed by atoms with Gasteiger partial charge < -0.3 is 8.83 Å². The highest BCUT2D eigenvalue weighted by Crippen LogP contribution is 2.40. The second-order valence-electron chi connectivity index (χ2n) is 8.68. The second-order valence-corrected chi connectivity index (χ2v) is 8.68. The molecule has 2 heterocycles. The Balaban J connectivity index is 1.54. The quantitative estimate of drug-likeness (QED) is 0.276. The van der Waals surface area contributed by atoms with Crippen LogP contribution in [0.1, 0.15) is 5.56 Å². The summed E-state index contributed by atoms with van der Waals surface area (Å²) in [5.41, 5.74) is 9.49. The minimum absolute atomic E-state index is 0.911. The third-order valence-electron chi connectivity index (χ3n) is 6.52. The van der Waals surface area contributed by atoms with E-state index in [1.807, 2.05) is 18.2 Å². The molecular weight excluding hydrogens is 404 g/mol. The Bertz CT molecular complexity index is 1820. The van der Waals surface area contributed by atoms with Crippen LogP contribution in [0.5, 0.6) is 0 Å². The molecule has 5 aromatic carbocycles. The van der Waals surface area contributed by atoms with Gasteiger partial charge in [-0.3, -0.25) is 0 Å². The van der Waals surface area contributed by atoms with Gasteiger partial charge >= 0.3 is 0 Å². The lowest BCUT2D eigenvalue weighted by Gasteiger charge is -2.08. The van der Waals surface area contributed by atoms with Crippen LogP contribution >= 0.6 is 0 Å². The Morgan fingerprint density at radius 1 is 0.455 bits per heavy atom. The van der Waals surface area contributed by atoms with Crippen molar-refractivity contribution < 1.29 is 8.83 Å². The van der Waals surface area contributed by atoms with Crippen molar-refractivity contribution in [2.24, 2.45) is 0 Å². The molecule has 0 aliphatic heterocycles. The Labute approximate surface area is 190 Å². The first-order chi connectivity index (χ1) is 16.2. The lowest BCUT2D eigenvalue weighted by atomic mass is 9.95. The summed E-state index contributed by atoms with van der Waals surface area (Å²) in [6.45, 7) is 2.12. The van der Waals surface area contributed by atoms with Gasteiger partial charge in [0.2, 0.25) is 0 Å². The first-order valence-electron chi connectivity index (χ1n) is 11.2. The molecule has 33 heavy (non-hydrogen) atoms. The number of furan rings is 2. The number of hydrogen-bond donors (Lipinski definition) is 0. The van der Waals surface area contributed by atoms with E-state index in [2.05, 4.69) is 91.9 Å². The Kier molecular flexibility index (Phi) is 3.80. The molecule has 0 spiro atoms. The van der Waals surface area contributed by atoms with Gasteiger partial charge in [0.15, 0.2) is 0 Å². The predicted octanol–water partition coefficient (Wildman–Crippen LogP) is 9.13. The van der Waals surface area contributed by atoms with Crippen molar-refractivity contribution in [3.8, 4) is 22.3 Å². The molecule has 0 atom stereocenters. The van der Waals surface area contributed by atoms with Gasteiger partial charge in [-0.05, 0) is 66.1 Å². The van der Waals surface area contributed by atoms with Crippen LogP contribution in [0.25, 0.3) is 66.1 Å². The zero-order valence-corrected chi connectivity index (χ0v) is 18.1. The zero-order valence-electron chi connectivity index (χ0n) is 18.1. The predicted molar refractivity (Wildman–Crippen MR) is 137 cm³/mol. The van der Waals surface area contributed by atoms with E-state index in [0.717, 1.165) is 66.1 Å². The molecule has 0 fully saturated rings. The summed E-state index contributed by atoms with van der Waals surface area (Å²) in [6, 6.07) is 36.1. The molecule has 7 aromatic rings. The minimum Gasteiger partial charge on any atom is -0.456 e. The van der Waals surface area contributed by atoms with E-state index in [1.54, 1.807) is 0 Å². The van der Waals surface area contributed by atoms with Crippen molar-refractivity contribution >= 4 is 43.9 Å². The molecule has 156 valence electrons. The molecule has 0 aliphatic carbocycles. The molecule has 0 unspecified atom stereocenters. The average Bonchev–Trinajstić information content (AvgIpc) is 3.41. The number of benzene rings is 5. The van der Waals surface area contributed by atoms with Crippen LogP contribution in [0.15, 0.2) is 112 Å². The van der Waals surface area contributed by atoms with Crippen LogP contribution < -0.4 is 0 Å². The van der Waals surface area contributed by atoms with Gasteiger partial charge in [0.25, 0.3) is 0 Å². The third kappa shape index (κ3) is 2.81. The molecule has 0 radical (unpaired) electrons. The van der Waals surface area contributed by atoms with E-state index < -0.39 is 0 Å². The van der Waals surface area contributed by atoms with E-state index >= 15 is 0 Å².